The van der Waals surface area contributed by atoms with Gasteiger partial charge in [-0.2, -0.15) is 13.2 Å². The quantitative estimate of drug-likeness (QED) is 0.849. The molecule has 1 rings (SSSR count). The molecular formula is C13H17F3O. The van der Waals surface area contributed by atoms with Crippen molar-refractivity contribution in [1.82, 2.24) is 0 Å². The summed E-state index contributed by atoms with van der Waals surface area (Å²) in [7, 11) is 0. The topological polar surface area (TPSA) is 20.2 Å². The van der Waals surface area contributed by atoms with Gasteiger partial charge in [0.2, 0.25) is 0 Å². The number of aliphatic hydroxyl groups excluding tert-OH is 1. The fourth-order valence-electron chi connectivity index (χ4n) is 1.86. The van der Waals surface area contributed by atoms with Crippen LogP contribution in [0.25, 0.3) is 0 Å². The fraction of sp³-hybridized carbons (Fsp3) is 0.538. The molecule has 1 aromatic carbocycles. The van der Waals surface area contributed by atoms with E-state index in [1.165, 1.54) is 0 Å². The molecule has 1 aromatic rings. The Labute approximate surface area is 99.3 Å². The molecule has 0 fully saturated rings. The van der Waals surface area contributed by atoms with E-state index >= 15 is 0 Å². The van der Waals surface area contributed by atoms with Crippen molar-refractivity contribution >= 4 is 0 Å². The summed E-state index contributed by atoms with van der Waals surface area (Å²) in [5, 5.41) is 9.80. The van der Waals surface area contributed by atoms with Crippen LogP contribution in [0.2, 0.25) is 0 Å². The molecule has 1 N–H and O–H groups in total. The Morgan fingerprint density at radius 3 is 2.12 bits per heavy atom. The molecular weight excluding hydrogens is 229 g/mol. The molecule has 96 valence electrons. The van der Waals surface area contributed by atoms with E-state index in [4.69, 9.17) is 0 Å². The van der Waals surface area contributed by atoms with Crippen LogP contribution in [-0.2, 0) is 0 Å². The Hall–Kier alpha value is -1.03. The molecule has 0 amide bonds. The summed E-state index contributed by atoms with van der Waals surface area (Å²) < 4.78 is 35.9. The number of rotatable bonds is 4. The summed E-state index contributed by atoms with van der Waals surface area (Å²) in [4.78, 5) is 0. The average Bonchev–Trinajstić information content (AvgIpc) is 2.13. The van der Waals surface area contributed by atoms with Crippen LogP contribution in [0.3, 0.4) is 0 Å². The zero-order valence-corrected chi connectivity index (χ0v) is 10.0. The first-order valence-corrected chi connectivity index (χ1v) is 5.61. The van der Waals surface area contributed by atoms with Crippen molar-refractivity contribution in [2.45, 2.75) is 45.4 Å². The first kappa shape index (κ1) is 14.0. The number of halogens is 3. The fourth-order valence-corrected chi connectivity index (χ4v) is 1.86. The van der Waals surface area contributed by atoms with E-state index in [-0.39, 0.29) is 12.8 Å². The van der Waals surface area contributed by atoms with E-state index in [0.717, 1.165) is 11.1 Å². The normalized spacial score (nSPS) is 13.8. The van der Waals surface area contributed by atoms with E-state index in [1.54, 1.807) is 0 Å². The lowest BCUT2D eigenvalue weighted by atomic mass is 9.99. The maximum Gasteiger partial charge on any atom is 0.389 e. The molecule has 1 unspecified atom stereocenters. The predicted molar refractivity (Wildman–Crippen MR) is 60.8 cm³/mol. The van der Waals surface area contributed by atoms with Crippen LogP contribution in [-0.4, -0.2) is 11.3 Å². The van der Waals surface area contributed by atoms with Gasteiger partial charge in [-0.15, -0.1) is 0 Å². The molecule has 0 aliphatic rings. The highest BCUT2D eigenvalue weighted by atomic mass is 19.4. The van der Waals surface area contributed by atoms with Gasteiger partial charge in [-0.25, -0.2) is 0 Å². The van der Waals surface area contributed by atoms with Gasteiger partial charge in [-0.1, -0.05) is 29.3 Å². The predicted octanol–water partition coefficient (Wildman–Crippen LogP) is 4.07. The minimum atomic E-state index is -4.14. The van der Waals surface area contributed by atoms with Crippen LogP contribution >= 0.6 is 0 Å². The van der Waals surface area contributed by atoms with Gasteiger partial charge in [0.15, 0.2) is 0 Å². The van der Waals surface area contributed by atoms with Gasteiger partial charge < -0.3 is 5.11 Å². The van der Waals surface area contributed by atoms with Gasteiger partial charge in [-0.05, 0) is 32.3 Å². The first-order valence-electron chi connectivity index (χ1n) is 5.61. The molecule has 0 saturated heterocycles. The second-order valence-electron chi connectivity index (χ2n) is 4.44. The van der Waals surface area contributed by atoms with Crippen molar-refractivity contribution in [3.63, 3.8) is 0 Å². The molecule has 0 saturated carbocycles. The third-order valence-corrected chi connectivity index (χ3v) is 2.57. The lowest BCUT2D eigenvalue weighted by molar-refractivity contribution is -0.136. The van der Waals surface area contributed by atoms with Crippen LogP contribution in [0.5, 0.6) is 0 Å². The molecule has 0 aromatic heterocycles. The zero-order chi connectivity index (χ0) is 13.1. The van der Waals surface area contributed by atoms with Crippen LogP contribution in [0.4, 0.5) is 13.2 Å². The van der Waals surface area contributed by atoms with Gasteiger partial charge in [0, 0.05) is 6.42 Å². The van der Waals surface area contributed by atoms with Gasteiger partial charge in [0.1, 0.15) is 0 Å². The maximum absolute atomic E-state index is 12.0. The third-order valence-electron chi connectivity index (χ3n) is 2.57. The number of alkyl halides is 3. The minimum absolute atomic E-state index is 0.0440. The van der Waals surface area contributed by atoms with E-state index in [2.05, 4.69) is 0 Å². The van der Waals surface area contributed by atoms with E-state index in [1.807, 2.05) is 32.0 Å². The Kier molecular flexibility index (Phi) is 4.57. The summed E-state index contributed by atoms with van der Waals surface area (Å²) in [6, 6.07) is 5.59. The highest BCUT2D eigenvalue weighted by Crippen LogP contribution is 2.26. The van der Waals surface area contributed by atoms with E-state index in [0.29, 0.717) is 5.56 Å². The SMILES string of the molecule is Cc1cc(C)cc(C(O)CCCC(F)(F)F)c1. The second-order valence-corrected chi connectivity index (χ2v) is 4.44. The molecule has 17 heavy (non-hydrogen) atoms. The van der Waals surface area contributed by atoms with Crippen molar-refractivity contribution < 1.29 is 18.3 Å². The molecule has 1 atom stereocenters. The molecule has 0 aliphatic heterocycles. The van der Waals surface area contributed by atoms with Crippen molar-refractivity contribution in [3.05, 3.63) is 34.9 Å². The van der Waals surface area contributed by atoms with Crippen LogP contribution < -0.4 is 0 Å². The highest BCUT2D eigenvalue weighted by molar-refractivity contribution is 5.29. The number of hydrogen-bond donors (Lipinski definition) is 1. The smallest absolute Gasteiger partial charge is 0.388 e. The Morgan fingerprint density at radius 2 is 1.65 bits per heavy atom. The van der Waals surface area contributed by atoms with E-state index < -0.39 is 18.7 Å². The molecule has 0 radical (unpaired) electrons. The van der Waals surface area contributed by atoms with Crippen LogP contribution in [0, 0.1) is 13.8 Å². The molecule has 4 heteroatoms. The minimum Gasteiger partial charge on any atom is -0.388 e. The number of aryl methyl sites for hydroxylation is 2. The van der Waals surface area contributed by atoms with Gasteiger partial charge >= 0.3 is 6.18 Å². The van der Waals surface area contributed by atoms with Crippen molar-refractivity contribution in [2.75, 3.05) is 0 Å². The lowest BCUT2D eigenvalue weighted by Crippen LogP contribution is -2.08. The summed E-state index contributed by atoms with van der Waals surface area (Å²) >= 11 is 0. The molecule has 0 aliphatic carbocycles. The third kappa shape index (κ3) is 5.22. The average molecular weight is 246 g/mol. The first-order chi connectivity index (χ1) is 7.78. The largest absolute Gasteiger partial charge is 0.389 e. The lowest BCUT2D eigenvalue weighted by Gasteiger charge is -2.13. The van der Waals surface area contributed by atoms with Crippen LogP contribution in [0.15, 0.2) is 18.2 Å². The van der Waals surface area contributed by atoms with Crippen molar-refractivity contribution in [2.24, 2.45) is 0 Å². The summed E-state index contributed by atoms with van der Waals surface area (Å²) in [6.07, 6.45) is -5.69. The molecule has 0 spiro atoms. The van der Waals surface area contributed by atoms with Crippen molar-refractivity contribution in [1.29, 1.82) is 0 Å². The van der Waals surface area contributed by atoms with Gasteiger partial charge in [-0.3, -0.25) is 0 Å². The Balaban J connectivity index is 2.55. The van der Waals surface area contributed by atoms with Crippen molar-refractivity contribution in [3.8, 4) is 0 Å². The van der Waals surface area contributed by atoms with Gasteiger partial charge in [0.25, 0.3) is 0 Å². The summed E-state index contributed by atoms with van der Waals surface area (Å²) in [5.74, 6) is 0. The number of aliphatic hydroxyl groups is 1. The number of benzene rings is 1. The number of hydrogen-bond acceptors (Lipinski definition) is 1. The van der Waals surface area contributed by atoms with Crippen LogP contribution in [0.1, 0.15) is 42.1 Å². The maximum atomic E-state index is 12.0. The standard InChI is InChI=1S/C13H17F3O/c1-9-6-10(2)8-11(7-9)12(17)4-3-5-13(14,15)16/h6-8,12,17H,3-5H2,1-2H3. The molecule has 1 nitrogen and oxygen atoms in total. The zero-order valence-electron chi connectivity index (χ0n) is 10.0. The molecule has 0 bridgehead atoms. The Bertz CT molecular complexity index is 351. The highest BCUT2D eigenvalue weighted by Gasteiger charge is 2.26. The van der Waals surface area contributed by atoms with E-state index in [9.17, 15) is 18.3 Å². The molecule has 0 heterocycles. The summed E-state index contributed by atoms with van der Waals surface area (Å²) in [5.41, 5.74) is 2.72. The second kappa shape index (κ2) is 5.54. The van der Waals surface area contributed by atoms with Gasteiger partial charge in [0.05, 0.1) is 6.10 Å². The monoisotopic (exact) mass is 246 g/mol. The Morgan fingerprint density at radius 1 is 1.12 bits per heavy atom. The summed E-state index contributed by atoms with van der Waals surface area (Å²) in [6.45, 7) is 3.80.